The van der Waals surface area contributed by atoms with Crippen molar-refractivity contribution in [3.8, 4) is 0 Å². The second kappa shape index (κ2) is 6.76. The van der Waals surface area contributed by atoms with Crippen LogP contribution in [-0.4, -0.2) is 21.9 Å². The molecule has 0 spiro atoms. The van der Waals surface area contributed by atoms with E-state index in [9.17, 15) is 4.79 Å². The van der Waals surface area contributed by atoms with E-state index in [0.29, 0.717) is 5.92 Å². The minimum atomic E-state index is -0.543. The SMILES string of the molecule is Cc1cc([C@@H](C)NC(=O)OC(C)(C)C)c2oc3c(C4CCC4)cnnc3c2c1. The lowest BCUT2D eigenvalue weighted by Gasteiger charge is -2.24. The lowest BCUT2D eigenvalue weighted by molar-refractivity contribution is 0.0508. The van der Waals surface area contributed by atoms with Crippen molar-refractivity contribution in [2.24, 2.45) is 0 Å². The Morgan fingerprint density at radius 3 is 2.68 bits per heavy atom. The highest BCUT2D eigenvalue weighted by Crippen LogP contribution is 2.42. The quantitative estimate of drug-likeness (QED) is 0.645. The molecule has 6 heteroatoms. The van der Waals surface area contributed by atoms with Crippen LogP contribution < -0.4 is 5.32 Å². The van der Waals surface area contributed by atoms with E-state index in [-0.39, 0.29) is 6.04 Å². The molecule has 1 atom stereocenters. The van der Waals surface area contributed by atoms with Gasteiger partial charge in [0.2, 0.25) is 0 Å². The number of hydrogen-bond acceptors (Lipinski definition) is 5. The molecule has 3 aromatic rings. The van der Waals surface area contributed by atoms with E-state index in [0.717, 1.165) is 38.8 Å². The van der Waals surface area contributed by atoms with E-state index in [4.69, 9.17) is 9.15 Å². The van der Waals surface area contributed by atoms with Gasteiger partial charge in [0.05, 0.1) is 12.2 Å². The maximum atomic E-state index is 12.2. The maximum Gasteiger partial charge on any atom is 0.408 e. The van der Waals surface area contributed by atoms with E-state index >= 15 is 0 Å². The third kappa shape index (κ3) is 3.43. The van der Waals surface area contributed by atoms with Crippen LogP contribution in [0.5, 0.6) is 0 Å². The van der Waals surface area contributed by atoms with Gasteiger partial charge in [-0.05, 0) is 65.0 Å². The fraction of sp³-hybridized carbons (Fsp3) is 0.500. The van der Waals surface area contributed by atoms with E-state index in [1.54, 1.807) is 0 Å². The van der Waals surface area contributed by atoms with Crippen molar-refractivity contribution in [2.75, 3.05) is 0 Å². The Bertz CT molecular complexity index is 1040. The third-order valence-electron chi connectivity index (χ3n) is 5.30. The Balaban J connectivity index is 1.77. The summed E-state index contributed by atoms with van der Waals surface area (Å²) in [4.78, 5) is 12.2. The van der Waals surface area contributed by atoms with Crippen LogP contribution in [0.25, 0.3) is 22.1 Å². The summed E-state index contributed by atoms with van der Waals surface area (Å²) >= 11 is 0. The lowest BCUT2D eigenvalue weighted by atomic mass is 9.80. The van der Waals surface area contributed by atoms with Gasteiger partial charge in [-0.15, -0.1) is 5.10 Å². The number of amides is 1. The number of furan rings is 1. The number of carbonyl (C=O) groups is 1. The molecule has 1 fully saturated rings. The summed E-state index contributed by atoms with van der Waals surface area (Å²) in [5, 5.41) is 12.5. The molecule has 0 radical (unpaired) electrons. The molecule has 148 valence electrons. The first kappa shape index (κ1) is 18.7. The summed E-state index contributed by atoms with van der Waals surface area (Å²) < 4.78 is 11.7. The summed E-state index contributed by atoms with van der Waals surface area (Å²) in [5.41, 5.74) is 4.98. The fourth-order valence-corrected chi connectivity index (χ4v) is 3.76. The predicted molar refractivity (Wildman–Crippen MR) is 108 cm³/mol. The van der Waals surface area contributed by atoms with Gasteiger partial charge in [0.15, 0.2) is 5.58 Å². The van der Waals surface area contributed by atoms with Gasteiger partial charge in [0.1, 0.15) is 16.7 Å². The van der Waals surface area contributed by atoms with E-state index in [1.165, 1.54) is 19.3 Å². The van der Waals surface area contributed by atoms with Gasteiger partial charge in [0, 0.05) is 16.5 Å². The van der Waals surface area contributed by atoms with Gasteiger partial charge in [-0.3, -0.25) is 0 Å². The summed E-state index contributed by atoms with van der Waals surface area (Å²) in [5.74, 6) is 0.500. The number of nitrogens with zero attached hydrogens (tertiary/aromatic N) is 2. The molecule has 4 rings (SSSR count). The zero-order valence-electron chi connectivity index (χ0n) is 17.1. The zero-order chi connectivity index (χ0) is 20.1. The molecular weight excluding hydrogens is 354 g/mol. The normalized spacial score (nSPS) is 16.2. The van der Waals surface area contributed by atoms with E-state index in [1.807, 2.05) is 46.9 Å². The molecule has 0 bridgehead atoms. The number of ether oxygens (including phenoxy) is 1. The molecule has 1 N–H and O–H groups in total. The monoisotopic (exact) mass is 381 g/mol. The van der Waals surface area contributed by atoms with Crippen LogP contribution in [0, 0.1) is 6.92 Å². The van der Waals surface area contributed by atoms with Crippen molar-refractivity contribution in [2.45, 2.75) is 71.4 Å². The van der Waals surface area contributed by atoms with Crippen molar-refractivity contribution in [1.82, 2.24) is 15.5 Å². The van der Waals surface area contributed by atoms with Gasteiger partial charge in [-0.25, -0.2) is 4.79 Å². The number of nitrogens with one attached hydrogen (secondary N) is 1. The Kier molecular flexibility index (Phi) is 4.52. The van der Waals surface area contributed by atoms with Crippen LogP contribution >= 0.6 is 0 Å². The van der Waals surface area contributed by atoms with Crippen molar-refractivity contribution in [1.29, 1.82) is 0 Å². The lowest BCUT2D eigenvalue weighted by Crippen LogP contribution is -2.34. The Morgan fingerprint density at radius 2 is 2.04 bits per heavy atom. The minimum absolute atomic E-state index is 0.266. The van der Waals surface area contributed by atoms with Gasteiger partial charge in [0.25, 0.3) is 0 Å². The maximum absolute atomic E-state index is 12.2. The molecule has 1 amide bonds. The summed E-state index contributed by atoms with van der Waals surface area (Å²) in [7, 11) is 0. The average Bonchev–Trinajstić information content (AvgIpc) is 2.90. The van der Waals surface area contributed by atoms with Crippen LogP contribution in [0.3, 0.4) is 0 Å². The molecule has 0 aliphatic heterocycles. The number of alkyl carbamates (subject to hydrolysis) is 1. The zero-order valence-corrected chi connectivity index (χ0v) is 17.1. The number of rotatable bonds is 3. The number of hydrogen-bond donors (Lipinski definition) is 1. The molecule has 2 heterocycles. The Labute approximate surface area is 164 Å². The van der Waals surface area contributed by atoms with Gasteiger partial charge in [-0.2, -0.15) is 5.10 Å². The van der Waals surface area contributed by atoms with Crippen LogP contribution in [-0.2, 0) is 4.74 Å². The van der Waals surface area contributed by atoms with E-state index < -0.39 is 11.7 Å². The highest BCUT2D eigenvalue weighted by atomic mass is 16.6. The average molecular weight is 381 g/mol. The van der Waals surface area contributed by atoms with Crippen molar-refractivity contribution < 1.29 is 13.9 Å². The second-order valence-corrected chi connectivity index (χ2v) is 8.81. The largest absolute Gasteiger partial charge is 0.454 e. The number of benzene rings is 1. The van der Waals surface area contributed by atoms with Crippen molar-refractivity contribution in [3.05, 3.63) is 35.0 Å². The first-order chi connectivity index (χ1) is 13.2. The Morgan fingerprint density at radius 1 is 1.29 bits per heavy atom. The molecule has 0 unspecified atom stereocenters. The Hall–Kier alpha value is -2.63. The van der Waals surface area contributed by atoms with Crippen molar-refractivity contribution >= 4 is 28.2 Å². The molecule has 1 aromatic carbocycles. The number of fused-ring (bicyclic) bond motifs is 3. The third-order valence-corrected chi connectivity index (χ3v) is 5.30. The molecule has 1 aliphatic carbocycles. The standard InChI is InChI=1S/C22H27N3O3/c1-12-9-15(13(2)24-21(26)28-22(3,4)5)19-16(10-12)18-20(27-19)17(11-23-25-18)14-7-6-8-14/h9-11,13-14H,6-8H2,1-5H3,(H,24,26)/t13-/m1/s1. The fourth-order valence-electron chi connectivity index (χ4n) is 3.76. The van der Waals surface area contributed by atoms with Crippen molar-refractivity contribution in [3.63, 3.8) is 0 Å². The van der Waals surface area contributed by atoms with E-state index in [2.05, 4.69) is 21.6 Å². The first-order valence-corrected chi connectivity index (χ1v) is 9.91. The number of aryl methyl sites for hydroxylation is 1. The topological polar surface area (TPSA) is 77.2 Å². The van der Waals surface area contributed by atoms with Crippen LogP contribution in [0.2, 0.25) is 0 Å². The summed E-state index contributed by atoms with van der Waals surface area (Å²) in [6.45, 7) is 9.51. The van der Waals surface area contributed by atoms with Crippen LogP contribution in [0.4, 0.5) is 4.79 Å². The molecule has 0 saturated heterocycles. The summed E-state index contributed by atoms with van der Waals surface area (Å²) in [6.07, 6.45) is 4.97. The number of aromatic nitrogens is 2. The molecule has 1 saturated carbocycles. The predicted octanol–water partition coefficient (Wildman–Crippen LogP) is 5.54. The van der Waals surface area contributed by atoms with Gasteiger partial charge < -0.3 is 14.5 Å². The minimum Gasteiger partial charge on any atom is -0.454 e. The highest BCUT2D eigenvalue weighted by Gasteiger charge is 2.27. The van der Waals surface area contributed by atoms with Gasteiger partial charge >= 0.3 is 6.09 Å². The van der Waals surface area contributed by atoms with Gasteiger partial charge in [-0.1, -0.05) is 12.5 Å². The molecule has 28 heavy (non-hydrogen) atoms. The highest BCUT2D eigenvalue weighted by molar-refractivity contribution is 6.04. The molecule has 2 aromatic heterocycles. The molecule has 6 nitrogen and oxygen atoms in total. The first-order valence-electron chi connectivity index (χ1n) is 9.91. The summed E-state index contributed by atoms with van der Waals surface area (Å²) in [6, 6.07) is 3.85. The smallest absolute Gasteiger partial charge is 0.408 e. The molecule has 1 aliphatic rings. The number of carbonyl (C=O) groups excluding carboxylic acids is 1. The van der Waals surface area contributed by atoms with Crippen LogP contribution in [0.1, 0.15) is 75.6 Å². The molecular formula is C22H27N3O3. The second-order valence-electron chi connectivity index (χ2n) is 8.81. The van der Waals surface area contributed by atoms with Crippen LogP contribution in [0.15, 0.2) is 22.7 Å².